The van der Waals surface area contributed by atoms with Gasteiger partial charge in [-0.15, -0.1) is 0 Å². The predicted octanol–water partition coefficient (Wildman–Crippen LogP) is 2.13. The molecule has 0 atom stereocenters. The Kier molecular flexibility index (Phi) is 7.52. The minimum absolute atomic E-state index is 0.0456. The van der Waals surface area contributed by atoms with Crippen molar-refractivity contribution in [1.29, 1.82) is 0 Å². The Balaban J connectivity index is 2.62. The van der Waals surface area contributed by atoms with Crippen LogP contribution in [0.3, 0.4) is 0 Å². The average Bonchev–Trinajstić information content (AvgIpc) is 2.50. The largest absolute Gasteiger partial charge is 0.355 e. The lowest BCUT2D eigenvalue weighted by atomic mass is 9.74. The summed E-state index contributed by atoms with van der Waals surface area (Å²) in [5.41, 5.74) is 6.15. The third-order valence-corrected chi connectivity index (χ3v) is 4.95. The van der Waals surface area contributed by atoms with Crippen molar-refractivity contribution in [3.8, 4) is 0 Å². The van der Waals surface area contributed by atoms with Gasteiger partial charge in [-0.2, -0.15) is 0 Å². The third kappa shape index (κ3) is 4.45. The van der Waals surface area contributed by atoms with E-state index >= 15 is 0 Å². The minimum atomic E-state index is 0.0456. The van der Waals surface area contributed by atoms with Gasteiger partial charge in [0, 0.05) is 18.6 Å². The van der Waals surface area contributed by atoms with Crippen LogP contribution in [0.15, 0.2) is 0 Å². The molecule has 20 heavy (non-hydrogen) atoms. The topological polar surface area (TPSA) is 58.4 Å². The second kappa shape index (κ2) is 8.63. The van der Waals surface area contributed by atoms with Gasteiger partial charge in [0.15, 0.2) is 0 Å². The highest BCUT2D eigenvalue weighted by Gasteiger charge is 2.38. The number of carbonyl (C=O) groups excluding carboxylic acids is 1. The molecule has 0 aromatic carbocycles. The van der Waals surface area contributed by atoms with Crippen molar-refractivity contribution < 1.29 is 4.79 Å². The highest BCUT2D eigenvalue weighted by atomic mass is 16.2. The Morgan fingerprint density at radius 1 is 1.30 bits per heavy atom. The van der Waals surface area contributed by atoms with Gasteiger partial charge in [-0.3, -0.25) is 9.69 Å². The number of nitrogens with zero attached hydrogens (tertiary/aromatic N) is 1. The first-order valence-electron chi connectivity index (χ1n) is 8.33. The maximum absolute atomic E-state index is 12.0. The van der Waals surface area contributed by atoms with Crippen LogP contribution in [0.2, 0.25) is 0 Å². The van der Waals surface area contributed by atoms with Crippen LogP contribution >= 0.6 is 0 Å². The first-order valence-corrected chi connectivity index (χ1v) is 8.33. The summed E-state index contributed by atoms with van der Waals surface area (Å²) in [6.45, 7) is 9.30. The fraction of sp³-hybridized carbons (Fsp3) is 0.938. The van der Waals surface area contributed by atoms with Gasteiger partial charge >= 0.3 is 0 Å². The van der Waals surface area contributed by atoms with Gasteiger partial charge in [0.2, 0.25) is 5.91 Å². The SMILES string of the molecule is CCCNC(=O)CN(CC)C1(CN)CCC(CC)CC1. The van der Waals surface area contributed by atoms with Crippen LogP contribution in [-0.4, -0.2) is 42.5 Å². The molecule has 0 radical (unpaired) electrons. The van der Waals surface area contributed by atoms with Crippen LogP contribution < -0.4 is 11.1 Å². The Bertz CT molecular complexity index is 285. The van der Waals surface area contributed by atoms with E-state index in [9.17, 15) is 4.79 Å². The summed E-state index contributed by atoms with van der Waals surface area (Å²) < 4.78 is 0. The summed E-state index contributed by atoms with van der Waals surface area (Å²) in [6.07, 6.45) is 7.03. The van der Waals surface area contributed by atoms with E-state index in [1.54, 1.807) is 0 Å². The van der Waals surface area contributed by atoms with E-state index < -0.39 is 0 Å². The molecule has 0 saturated heterocycles. The molecule has 1 rings (SSSR count). The molecular formula is C16H33N3O. The van der Waals surface area contributed by atoms with Crippen molar-refractivity contribution in [3.05, 3.63) is 0 Å². The Hall–Kier alpha value is -0.610. The van der Waals surface area contributed by atoms with Gasteiger partial charge in [0.05, 0.1) is 6.54 Å². The monoisotopic (exact) mass is 283 g/mol. The van der Waals surface area contributed by atoms with Crippen LogP contribution in [0, 0.1) is 5.92 Å². The molecule has 0 aromatic rings. The number of carbonyl (C=O) groups is 1. The molecule has 0 spiro atoms. The quantitative estimate of drug-likeness (QED) is 0.717. The Labute approximate surface area is 124 Å². The molecule has 1 aliphatic rings. The number of amides is 1. The lowest BCUT2D eigenvalue weighted by Crippen LogP contribution is -2.58. The Morgan fingerprint density at radius 3 is 2.40 bits per heavy atom. The molecule has 0 heterocycles. The fourth-order valence-electron chi connectivity index (χ4n) is 3.38. The molecule has 3 N–H and O–H groups in total. The van der Waals surface area contributed by atoms with Gasteiger partial charge in [-0.25, -0.2) is 0 Å². The van der Waals surface area contributed by atoms with Gasteiger partial charge in [0.1, 0.15) is 0 Å². The van der Waals surface area contributed by atoms with E-state index in [4.69, 9.17) is 5.73 Å². The highest BCUT2D eigenvalue weighted by molar-refractivity contribution is 5.78. The number of nitrogens with one attached hydrogen (secondary N) is 1. The first-order chi connectivity index (χ1) is 9.61. The molecule has 0 bridgehead atoms. The number of likely N-dealkylation sites (N-methyl/N-ethyl adjacent to an activating group) is 1. The first kappa shape index (κ1) is 17.4. The zero-order chi connectivity index (χ0) is 15.0. The molecule has 1 aliphatic carbocycles. The maximum atomic E-state index is 12.0. The summed E-state index contributed by atoms with van der Waals surface area (Å²) in [7, 11) is 0. The second-order valence-electron chi connectivity index (χ2n) is 6.14. The summed E-state index contributed by atoms with van der Waals surface area (Å²) in [4.78, 5) is 14.3. The maximum Gasteiger partial charge on any atom is 0.234 e. The van der Waals surface area contributed by atoms with E-state index in [0.717, 1.165) is 38.3 Å². The average molecular weight is 283 g/mol. The van der Waals surface area contributed by atoms with Crippen LogP contribution in [0.25, 0.3) is 0 Å². The lowest BCUT2D eigenvalue weighted by molar-refractivity contribution is -0.124. The van der Waals surface area contributed by atoms with Gasteiger partial charge in [0.25, 0.3) is 0 Å². The zero-order valence-corrected chi connectivity index (χ0v) is 13.6. The molecule has 4 heteroatoms. The fourth-order valence-corrected chi connectivity index (χ4v) is 3.38. The molecule has 118 valence electrons. The standard InChI is InChI=1S/C16H33N3O/c1-4-11-18-15(20)12-19(6-3)16(13-17)9-7-14(5-2)8-10-16/h14H,4-13,17H2,1-3H3,(H,18,20). The molecular weight excluding hydrogens is 250 g/mol. The number of rotatable bonds is 8. The number of hydrogen-bond donors (Lipinski definition) is 2. The summed E-state index contributed by atoms with van der Waals surface area (Å²) in [6, 6.07) is 0. The predicted molar refractivity (Wildman–Crippen MR) is 84.6 cm³/mol. The lowest BCUT2D eigenvalue weighted by Gasteiger charge is -2.47. The summed E-state index contributed by atoms with van der Waals surface area (Å²) in [5, 5.41) is 2.98. The van der Waals surface area contributed by atoms with Crippen LogP contribution in [0.1, 0.15) is 59.3 Å². The van der Waals surface area contributed by atoms with E-state index in [0.29, 0.717) is 13.1 Å². The van der Waals surface area contributed by atoms with Crippen molar-refractivity contribution in [2.75, 3.05) is 26.2 Å². The van der Waals surface area contributed by atoms with Gasteiger partial charge < -0.3 is 11.1 Å². The van der Waals surface area contributed by atoms with Crippen molar-refractivity contribution >= 4 is 5.91 Å². The summed E-state index contributed by atoms with van der Waals surface area (Å²) >= 11 is 0. The van der Waals surface area contributed by atoms with Crippen molar-refractivity contribution in [3.63, 3.8) is 0 Å². The number of nitrogens with two attached hydrogens (primary N) is 1. The smallest absolute Gasteiger partial charge is 0.234 e. The Morgan fingerprint density at radius 2 is 1.95 bits per heavy atom. The van der Waals surface area contributed by atoms with Crippen LogP contribution in [0.4, 0.5) is 0 Å². The van der Waals surface area contributed by atoms with Crippen LogP contribution in [-0.2, 0) is 4.79 Å². The van der Waals surface area contributed by atoms with Crippen LogP contribution in [0.5, 0.6) is 0 Å². The molecule has 4 nitrogen and oxygen atoms in total. The van der Waals surface area contributed by atoms with E-state index in [-0.39, 0.29) is 11.4 Å². The molecule has 0 aromatic heterocycles. The van der Waals surface area contributed by atoms with Crippen molar-refractivity contribution in [1.82, 2.24) is 10.2 Å². The highest BCUT2D eigenvalue weighted by Crippen LogP contribution is 2.37. The van der Waals surface area contributed by atoms with Crippen molar-refractivity contribution in [2.45, 2.75) is 64.8 Å². The van der Waals surface area contributed by atoms with Gasteiger partial charge in [-0.1, -0.05) is 27.2 Å². The molecule has 1 amide bonds. The normalized spacial score (nSPS) is 26.8. The van der Waals surface area contributed by atoms with E-state index in [1.807, 2.05) is 0 Å². The number of hydrogen-bond acceptors (Lipinski definition) is 3. The molecule has 0 aliphatic heterocycles. The van der Waals surface area contributed by atoms with Crippen molar-refractivity contribution in [2.24, 2.45) is 11.7 Å². The molecule has 1 fully saturated rings. The summed E-state index contributed by atoms with van der Waals surface area (Å²) in [5.74, 6) is 0.987. The minimum Gasteiger partial charge on any atom is -0.355 e. The van der Waals surface area contributed by atoms with E-state index in [1.165, 1.54) is 19.3 Å². The molecule has 1 saturated carbocycles. The third-order valence-electron chi connectivity index (χ3n) is 4.95. The zero-order valence-electron chi connectivity index (χ0n) is 13.6. The second-order valence-corrected chi connectivity index (χ2v) is 6.14. The molecule has 0 unspecified atom stereocenters. The van der Waals surface area contributed by atoms with E-state index in [2.05, 4.69) is 31.0 Å². The van der Waals surface area contributed by atoms with Gasteiger partial charge in [-0.05, 0) is 44.6 Å².